The van der Waals surface area contributed by atoms with E-state index in [-0.39, 0.29) is 5.91 Å². The molecule has 3 heteroatoms. The molecule has 0 radical (unpaired) electrons. The van der Waals surface area contributed by atoms with Crippen molar-refractivity contribution in [1.82, 2.24) is 5.32 Å². The van der Waals surface area contributed by atoms with Gasteiger partial charge in [-0.25, -0.2) is 0 Å². The number of carbonyl (C=O) groups excluding carboxylic acids is 1. The third-order valence-corrected chi connectivity index (χ3v) is 3.75. The van der Waals surface area contributed by atoms with Crippen LogP contribution in [0.15, 0.2) is 18.2 Å². The summed E-state index contributed by atoms with van der Waals surface area (Å²) in [6.07, 6.45) is 3.51. The third kappa shape index (κ3) is 2.51. The van der Waals surface area contributed by atoms with Crippen molar-refractivity contribution in [3.05, 3.63) is 32.9 Å². The Morgan fingerprint density at radius 2 is 2.20 bits per heavy atom. The number of rotatable bonds is 2. The second-order valence-electron chi connectivity index (χ2n) is 4.08. The molecule has 1 aromatic carbocycles. The number of amides is 1. The van der Waals surface area contributed by atoms with E-state index >= 15 is 0 Å². The van der Waals surface area contributed by atoms with Crippen LogP contribution in [-0.4, -0.2) is 11.9 Å². The lowest BCUT2D eigenvalue weighted by atomic mass is 9.93. The van der Waals surface area contributed by atoms with Gasteiger partial charge in [0.25, 0.3) is 5.91 Å². The highest BCUT2D eigenvalue weighted by atomic mass is 127. The molecule has 0 heterocycles. The Morgan fingerprint density at radius 3 is 2.80 bits per heavy atom. The van der Waals surface area contributed by atoms with Crippen LogP contribution < -0.4 is 5.32 Å². The fourth-order valence-corrected chi connectivity index (χ4v) is 2.21. The van der Waals surface area contributed by atoms with Crippen LogP contribution in [0, 0.1) is 10.5 Å². The summed E-state index contributed by atoms with van der Waals surface area (Å²) in [6.45, 7) is 2.01. The summed E-state index contributed by atoms with van der Waals surface area (Å²) in [5.74, 6) is 0.0767. The van der Waals surface area contributed by atoms with Crippen LogP contribution in [0.1, 0.15) is 35.2 Å². The maximum Gasteiger partial charge on any atom is 0.252 e. The maximum atomic E-state index is 11.9. The van der Waals surface area contributed by atoms with Crippen molar-refractivity contribution in [2.75, 3.05) is 0 Å². The molecule has 1 saturated carbocycles. The number of carbonyl (C=O) groups is 1. The Labute approximate surface area is 104 Å². The second kappa shape index (κ2) is 4.51. The number of hydrogen-bond donors (Lipinski definition) is 1. The van der Waals surface area contributed by atoms with Crippen LogP contribution in [0.5, 0.6) is 0 Å². The SMILES string of the molecule is Cc1ccc(I)c(C(=O)NC2CCC2)c1. The molecule has 80 valence electrons. The quantitative estimate of drug-likeness (QED) is 0.836. The summed E-state index contributed by atoms with van der Waals surface area (Å²) in [7, 11) is 0. The van der Waals surface area contributed by atoms with Crippen molar-refractivity contribution in [3.63, 3.8) is 0 Å². The molecule has 2 nitrogen and oxygen atoms in total. The number of hydrogen-bond acceptors (Lipinski definition) is 1. The van der Waals surface area contributed by atoms with Crippen molar-refractivity contribution >= 4 is 28.5 Å². The zero-order valence-electron chi connectivity index (χ0n) is 8.72. The smallest absolute Gasteiger partial charge is 0.252 e. The third-order valence-electron chi connectivity index (χ3n) is 2.81. The lowest BCUT2D eigenvalue weighted by Crippen LogP contribution is -2.39. The van der Waals surface area contributed by atoms with Crippen molar-refractivity contribution < 1.29 is 4.79 Å². The average molecular weight is 315 g/mol. The van der Waals surface area contributed by atoms with Gasteiger partial charge in [-0.2, -0.15) is 0 Å². The minimum Gasteiger partial charge on any atom is -0.349 e. The molecule has 1 aliphatic rings. The molecule has 2 rings (SSSR count). The molecule has 0 aromatic heterocycles. The topological polar surface area (TPSA) is 29.1 Å². The number of nitrogens with one attached hydrogen (secondary N) is 1. The highest BCUT2D eigenvalue weighted by Crippen LogP contribution is 2.20. The molecule has 1 amide bonds. The zero-order chi connectivity index (χ0) is 10.8. The largest absolute Gasteiger partial charge is 0.349 e. The summed E-state index contributed by atoms with van der Waals surface area (Å²) in [5, 5.41) is 3.06. The van der Waals surface area contributed by atoms with Gasteiger partial charge in [-0.05, 0) is 60.9 Å². The van der Waals surface area contributed by atoms with Gasteiger partial charge in [-0.15, -0.1) is 0 Å². The molecule has 0 atom stereocenters. The van der Waals surface area contributed by atoms with E-state index in [9.17, 15) is 4.79 Å². The zero-order valence-corrected chi connectivity index (χ0v) is 10.9. The molecule has 0 bridgehead atoms. The molecule has 0 aliphatic heterocycles. The minimum atomic E-state index is 0.0767. The molecule has 1 N–H and O–H groups in total. The van der Waals surface area contributed by atoms with Gasteiger partial charge in [0.15, 0.2) is 0 Å². The summed E-state index contributed by atoms with van der Waals surface area (Å²) >= 11 is 2.21. The van der Waals surface area contributed by atoms with Gasteiger partial charge in [0, 0.05) is 9.61 Å². The van der Waals surface area contributed by atoms with Gasteiger partial charge in [0.05, 0.1) is 5.56 Å². The minimum absolute atomic E-state index is 0.0767. The van der Waals surface area contributed by atoms with Gasteiger partial charge < -0.3 is 5.32 Å². The molecular weight excluding hydrogens is 301 g/mol. The van der Waals surface area contributed by atoms with Crippen molar-refractivity contribution in [2.24, 2.45) is 0 Å². The van der Waals surface area contributed by atoms with Crippen LogP contribution >= 0.6 is 22.6 Å². The Bertz CT molecular complexity index is 385. The molecule has 0 saturated heterocycles. The standard InChI is InChI=1S/C12H14INO/c1-8-5-6-11(13)10(7-8)12(15)14-9-3-2-4-9/h5-7,9H,2-4H2,1H3,(H,14,15). The first-order valence-electron chi connectivity index (χ1n) is 5.24. The number of aryl methyl sites for hydroxylation is 1. The average Bonchev–Trinajstić information content (AvgIpc) is 2.15. The lowest BCUT2D eigenvalue weighted by Gasteiger charge is -2.26. The fourth-order valence-electron chi connectivity index (χ4n) is 1.63. The highest BCUT2D eigenvalue weighted by Gasteiger charge is 2.20. The van der Waals surface area contributed by atoms with E-state index in [1.807, 2.05) is 25.1 Å². The fraction of sp³-hybridized carbons (Fsp3) is 0.417. The van der Waals surface area contributed by atoms with E-state index in [0.717, 1.165) is 27.5 Å². The summed E-state index contributed by atoms with van der Waals surface area (Å²) in [5.41, 5.74) is 1.94. The summed E-state index contributed by atoms with van der Waals surface area (Å²) in [6, 6.07) is 6.39. The van der Waals surface area contributed by atoms with Crippen LogP contribution in [-0.2, 0) is 0 Å². The van der Waals surface area contributed by atoms with Gasteiger partial charge in [-0.1, -0.05) is 11.6 Å². The number of halogens is 1. The van der Waals surface area contributed by atoms with Gasteiger partial charge in [-0.3, -0.25) is 4.79 Å². The van der Waals surface area contributed by atoms with E-state index in [0.29, 0.717) is 6.04 Å². The first-order chi connectivity index (χ1) is 7.16. The lowest BCUT2D eigenvalue weighted by molar-refractivity contribution is 0.0916. The second-order valence-corrected chi connectivity index (χ2v) is 5.25. The van der Waals surface area contributed by atoms with Crippen molar-refractivity contribution in [3.8, 4) is 0 Å². The Morgan fingerprint density at radius 1 is 1.47 bits per heavy atom. The molecule has 0 spiro atoms. The van der Waals surface area contributed by atoms with Crippen molar-refractivity contribution in [1.29, 1.82) is 0 Å². The van der Waals surface area contributed by atoms with Crippen LogP contribution in [0.3, 0.4) is 0 Å². The molecule has 1 fully saturated rings. The summed E-state index contributed by atoms with van der Waals surface area (Å²) in [4.78, 5) is 11.9. The van der Waals surface area contributed by atoms with Crippen LogP contribution in [0.4, 0.5) is 0 Å². The first kappa shape index (κ1) is 10.9. The summed E-state index contributed by atoms with van der Waals surface area (Å²) < 4.78 is 1.02. The predicted octanol–water partition coefficient (Wildman–Crippen LogP) is 2.88. The predicted molar refractivity (Wildman–Crippen MR) is 69.0 cm³/mol. The highest BCUT2D eigenvalue weighted by molar-refractivity contribution is 14.1. The monoisotopic (exact) mass is 315 g/mol. The van der Waals surface area contributed by atoms with Gasteiger partial charge in [0.1, 0.15) is 0 Å². The van der Waals surface area contributed by atoms with Crippen molar-refractivity contribution in [2.45, 2.75) is 32.2 Å². The Hall–Kier alpha value is -0.580. The molecule has 1 aromatic rings. The molecular formula is C12H14INO. The van der Waals surface area contributed by atoms with E-state index in [1.54, 1.807) is 0 Å². The molecule has 0 unspecified atom stereocenters. The van der Waals surface area contributed by atoms with Gasteiger partial charge >= 0.3 is 0 Å². The van der Waals surface area contributed by atoms with E-state index in [1.165, 1.54) is 6.42 Å². The van der Waals surface area contributed by atoms with Gasteiger partial charge in [0.2, 0.25) is 0 Å². The molecule has 15 heavy (non-hydrogen) atoms. The van der Waals surface area contributed by atoms with E-state index in [4.69, 9.17) is 0 Å². The number of benzene rings is 1. The first-order valence-corrected chi connectivity index (χ1v) is 6.32. The molecule has 1 aliphatic carbocycles. The normalized spacial score (nSPS) is 15.9. The van der Waals surface area contributed by atoms with E-state index < -0.39 is 0 Å². The van der Waals surface area contributed by atoms with E-state index in [2.05, 4.69) is 27.9 Å². The van der Waals surface area contributed by atoms with Crippen LogP contribution in [0.25, 0.3) is 0 Å². The Balaban J connectivity index is 2.12. The maximum absolute atomic E-state index is 11.9. The Kier molecular flexibility index (Phi) is 3.29. The van der Waals surface area contributed by atoms with Crippen LogP contribution in [0.2, 0.25) is 0 Å².